The Morgan fingerprint density at radius 2 is 0.850 bits per heavy atom. The van der Waals surface area contributed by atoms with Crippen LogP contribution in [0.3, 0.4) is 0 Å². The molecule has 234 valence electrons. The standard InChI is InChI=1S/C28H50O12/c1-9-27(7,23(33)38-14-12-30)18-26(5,6)22(32)39-19-35-15-16-36-20-40-24(34)28(8,10-2)17-25(3,4)21(31)37-13-11-29/h29-30H,9-20H2,1-8H3. The fourth-order valence-electron chi connectivity index (χ4n) is 4.22. The lowest BCUT2D eigenvalue weighted by Gasteiger charge is -2.33. The van der Waals surface area contributed by atoms with Gasteiger partial charge in [0.2, 0.25) is 0 Å². The Bertz CT molecular complexity index is 809. The maximum Gasteiger partial charge on any atom is 0.313 e. The Morgan fingerprint density at radius 3 is 1.23 bits per heavy atom. The molecular formula is C28H50O12. The summed E-state index contributed by atoms with van der Waals surface area (Å²) in [5, 5.41) is 17.7. The van der Waals surface area contributed by atoms with E-state index in [1.807, 2.05) is 13.8 Å². The monoisotopic (exact) mass is 578 g/mol. The molecule has 0 radical (unpaired) electrons. The number of aliphatic hydroxyl groups is 2. The predicted molar refractivity (Wildman–Crippen MR) is 144 cm³/mol. The summed E-state index contributed by atoms with van der Waals surface area (Å²) in [6, 6.07) is 0. The molecule has 12 heteroatoms. The summed E-state index contributed by atoms with van der Waals surface area (Å²) in [7, 11) is 0. The van der Waals surface area contributed by atoms with Crippen LogP contribution in [0, 0.1) is 21.7 Å². The maximum atomic E-state index is 12.7. The average molecular weight is 579 g/mol. The van der Waals surface area contributed by atoms with E-state index in [1.54, 1.807) is 41.5 Å². The summed E-state index contributed by atoms with van der Waals surface area (Å²) < 4.78 is 31.1. The highest BCUT2D eigenvalue weighted by molar-refractivity contribution is 5.81. The second-order valence-corrected chi connectivity index (χ2v) is 11.6. The molecule has 0 fully saturated rings. The van der Waals surface area contributed by atoms with Crippen LogP contribution in [0.2, 0.25) is 0 Å². The zero-order chi connectivity index (χ0) is 31.0. The van der Waals surface area contributed by atoms with Gasteiger partial charge < -0.3 is 38.6 Å². The maximum absolute atomic E-state index is 12.7. The third kappa shape index (κ3) is 12.5. The van der Waals surface area contributed by atoms with Crippen molar-refractivity contribution in [1.82, 2.24) is 0 Å². The summed E-state index contributed by atoms with van der Waals surface area (Å²) in [5.74, 6) is -2.05. The highest BCUT2D eigenvalue weighted by Gasteiger charge is 2.44. The second kappa shape index (κ2) is 17.5. The summed E-state index contributed by atoms with van der Waals surface area (Å²) in [5.41, 5.74) is -3.83. The van der Waals surface area contributed by atoms with Crippen molar-refractivity contribution < 1.29 is 57.8 Å². The molecule has 0 spiro atoms. The van der Waals surface area contributed by atoms with E-state index < -0.39 is 45.5 Å². The van der Waals surface area contributed by atoms with E-state index in [0.717, 1.165) is 0 Å². The first kappa shape index (κ1) is 37.7. The van der Waals surface area contributed by atoms with Gasteiger partial charge in [-0.1, -0.05) is 13.8 Å². The minimum absolute atomic E-state index is 0.0696. The molecule has 0 saturated carbocycles. The Labute approximate surface area is 238 Å². The first-order valence-electron chi connectivity index (χ1n) is 13.6. The second-order valence-electron chi connectivity index (χ2n) is 11.6. The molecule has 0 aromatic carbocycles. The zero-order valence-corrected chi connectivity index (χ0v) is 25.5. The molecular weight excluding hydrogens is 528 g/mol. The van der Waals surface area contributed by atoms with Crippen LogP contribution >= 0.6 is 0 Å². The van der Waals surface area contributed by atoms with Crippen molar-refractivity contribution in [2.75, 3.05) is 53.2 Å². The molecule has 0 aliphatic carbocycles. The number of ether oxygens (including phenoxy) is 6. The van der Waals surface area contributed by atoms with Crippen LogP contribution < -0.4 is 0 Å². The van der Waals surface area contributed by atoms with Crippen LogP contribution in [0.15, 0.2) is 0 Å². The Hall–Kier alpha value is -2.28. The van der Waals surface area contributed by atoms with E-state index in [9.17, 15) is 19.2 Å². The third-order valence-corrected chi connectivity index (χ3v) is 6.88. The molecule has 2 N–H and O–H groups in total. The smallest absolute Gasteiger partial charge is 0.313 e. The number of esters is 4. The molecule has 40 heavy (non-hydrogen) atoms. The van der Waals surface area contributed by atoms with Gasteiger partial charge in [-0.15, -0.1) is 0 Å². The van der Waals surface area contributed by atoms with Crippen LogP contribution in [0.1, 0.15) is 81.1 Å². The highest BCUT2D eigenvalue weighted by atomic mass is 16.7. The van der Waals surface area contributed by atoms with Gasteiger partial charge >= 0.3 is 23.9 Å². The molecule has 0 aromatic heterocycles. The topological polar surface area (TPSA) is 164 Å². The Morgan fingerprint density at radius 1 is 0.525 bits per heavy atom. The number of aliphatic hydroxyl groups excluding tert-OH is 2. The summed E-state index contributed by atoms with van der Waals surface area (Å²) in [6.07, 6.45) is 1.24. The van der Waals surface area contributed by atoms with Crippen molar-refractivity contribution in [2.24, 2.45) is 21.7 Å². The van der Waals surface area contributed by atoms with E-state index in [-0.39, 0.29) is 66.1 Å². The van der Waals surface area contributed by atoms with E-state index in [2.05, 4.69) is 0 Å². The van der Waals surface area contributed by atoms with E-state index >= 15 is 0 Å². The molecule has 2 atom stereocenters. The largest absolute Gasteiger partial charge is 0.463 e. The van der Waals surface area contributed by atoms with Gasteiger partial charge in [-0.25, -0.2) is 0 Å². The minimum atomic E-state index is -0.993. The molecule has 0 aromatic rings. The van der Waals surface area contributed by atoms with Crippen molar-refractivity contribution >= 4 is 23.9 Å². The van der Waals surface area contributed by atoms with Gasteiger partial charge in [-0.3, -0.25) is 19.2 Å². The summed E-state index contributed by atoms with van der Waals surface area (Å²) >= 11 is 0. The van der Waals surface area contributed by atoms with Crippen molar-refractivity contribution in [3.8, 4) is 0 Å². The van der Waals surface area contributed by atoms with Gasteiger partial charge in [0.15, 0.2) is 13.6 Å². The van der Waals surface area contributed by atoms with Crippen molar-refractivity contribution in [1.29, 1.82) is 0 Å². The number of rotatable bonds is 21. The van der Waals surface area contributed by atoms with Gasteiger partial charge in [0.05, 0.1) is 48.1 Å². The van der Waals surface area contributed by atoms with Crippen LogP contribution in [0.5, 0.6) is 0 Å². The lowest BCUT2D eigenvalue weighted by atomic mass is 9.72. The van der Waals surface area contributed by atoms with E-state index in [0.29, 0.717) is 12.8 Å². The van der Waals surface area contributed by atoms with Crippen LogP contribution in [-0.2, 0) is 47.6 Å². The number of hydrogen-bond acceptors (Lipinski definition) is 12. The van der Waals surface area contributed by atoms with Crippen molar-refractivity contribution in [3.63, 3.8) is 0 Å². The normalized spacial score (nSPS) is 14.9. The molecule has 0 heterocycles. The van der Waals surface area contributed by atoms with Crippen LogP contribution in [0.25, 0.3) is 0 Å². The molecule has 12 nitrogen and oxygen atoms in total. The lowest BCUT2D eigenvalue weighted by molar-refractivity contribution is -0.178. The van der Waals surface area contributed by atoms with Crippen LogP contribution in [0.4, 0.5) is 0 Å². The molecule has 0 rings (SSSR count). The fraction of sp³-hybridized carbons (Fsp3) is 0.857. The molecule has 0 amide bonds. The highest BCUT2D eigenvalue weighted by Crippen LogP contribution is 2.39. The first-order chi connectivity index (χ1) is 18.5. The van der Waals surface area contributed by atoms with Gasteiger partial charge in [0.25, 0.3) is 0 Å². The molecule has 2 unspecified atom stereocenters. The Kier molecular flexibility index (Phi) is 16.5. The fourth-order valence-corrected chi connectivity index (χ4v) is 4.22. The third-order valence-electron chi connectivity index (χ3n) is 6.88. The summed E-state index contributed by atoms with van der Waals surface area (Å²) in [4.78, 5) is 50.0. The number of hydrogen-bond donors (Lipinski definition) is 2. The molecule has 0 aliphatic rings. The average Bonchev–Trinajstić information content (AvgIpc) is 2.90. The van der Waals surface area contributed by atoms with Gasteiger partial charge in [0, 0.05) is 0 Å². The summed E-state index contributed by atoms with van der Waals surface area (Å²) in [6.45, 7) is 12.5. The van der Waals surface area contributed by atoms with Crippen molar-refractivity contribution in [2.45, 2.75) is 81.1 Å². The Balaban J connectivity index is 4.50. The minimum Gasteiger partial charge on any atom is -0.463 e. The zero-order valence-electron chi connectivity index (χ0n) is 25.5. The van der Waals surface area contributed by atoms with Gasteiger partial charge in [0.1, 0.15) is 13.2 Å². The van der Waals surface area contributed by atoms with Crippen molar-refractivity contribution in [3.05, 3.63) is 0 Å². The first-order valence-corrected chi connectivity index (χ1v) is 13.6. The quantitative estimate of drug-likeness (QED) is 0.0887. The predicted octanol–water partition coefficient (Wildman–Crippen LogP) is 2.76. The van der Waals surface area contributed by atoms with Crippen LogP contribution in [-0.4, -0.2) is 87.3 Å². The van der Waals surface area contributed by atoms with Gasteiger partial charge in [-0.05, 0) is 67.2 Å². The molecule has 0 bridgehead atoms. The lowest BCUT2D eigenvalue weighted by Crippen LogP contribution is -2.39. The SMILES string of the molecule is CCC(C)(CC(C)(C)C(=O)OCOCCOCOC(=O)C(C)(CC)CC(C)(C)C(=O)OCCO)C(=O)OCCO. The number of carbonyl (C=O) groups is 4. The van der Waals surface area contributed by atoms with Gasteiger partial charge in [-0.2, -0.15) is 0 Å². The van der Waals surface area contributed by atoms with E-state index in [1.165, 1.54) is 0 Å². The molecule has 0 saturated heterocycles. The molecule has 0 aliphatic heterocycles. The number of carbonyl (C=O) groups excluding carboxylic acids is 4. The van der Waals surface area contributed by atoms with E-state index in [4.69, 9.17) is 38.6 Å².